The van der Waals surface area contributed by atoms with Crippen LogP contribution in [0.5, 0.6) is 0 Å². The molecular weight excluding hydrogens is 262 g/mol. The van der Waals surface area contributed by atoms with Gasteiger partial charge in [0, 0.05) is 12.6 Å². The van der Waals surface area contributed by atoms with Gasteiger partial charge in [0.05, 0.1) is 5.92 Å². The summed E-state index contributed by atoms with van der Waals surface area (Å²) in [5.74, 6) is -0.154. The Morgan fingerprint density at radius 2 is 1.76 bits per heavy atom. The molecule has 21 heavy (non-hydrogen) atoms. The van der Waals surface area contributed by atoms with E-state index in [-0.39, 0.29) is 30.4 Å². The molecule has 3 heteroatoms. The predicted octanol–water partition coefficient (Wildman–Crippen LogP) is 3.08. The molecule has 2 aromatic rings. The molecule has 2 N–H and O–H groups in total. The van der Waals surface area contributed by atoms with E-state index in [1.807, 2.05) is 45.0 Å². The highest BCUT2D eigenvalue weighted by Gasteiger charge is 2.19. The van der Waals surface area contributed by atoms with Crippen molar-refractivity contribution in [3.05, 3.63) is 48.0 Å². The van der Waals surface area contributed by atoms with E-state index in [0.29, 0.717) is 0 Å². The summed E-state index contributed by atoms with van der Waals surface area (Å²) in [6.45, 7) is 5.83. The number of aliphatic hydroxyl groups excluding tert-OH is 1. The fourth-order valence-corrected chi connectivity index (χ4v) is 2.28. The number of hydrogen-bond acceptors (Lipinski definition) is 2. The van der Waals surface area contributed by atoms with Crippen molar-refractivity contribution in [2.75, 3.05) is 6.61 Å². The van der Waals surface area contributed by atoms with Gasteiger partial charge in [0.15, 0.2) is 0 Å². The number of nitrogens with one attached hydrogen (secondary N) is 1. The van der Waals surface area contributed by atoms with Gasteiger partial charge in [-0.05, 0) is 36.1 Å². The van der Waals surface area contributed by atoms with E-state index in [4.69, 9.17) is 5.11 Å². The number of carbonyl (C=O) groups excluding carboxylic acids is 1. The maximum absolute atomic E-state index is 12.3. The lowest BCUT2D eigenvalue weighted by Gasteiger charge is -2.22. The van der Waals surface area contributed by atoms with Crippen LogP contribution in [0.1, 0.15) is 32.3 Å². The van der Waals surface area contributed by atoms with E-state index in [1.165, 1.54) is 5.39 Å². The molecule has 3 nitrogen and oxygen atoms in total. The Bertz CT molecular complexity index is 623. The zero-order valence-electron chi connectivity index (χ0n) is 12.8. The van der Waals surface area contributed by atoms with Gasteiger partial charge in [-0.25, -0.2) is 0 Å². The second-order valence-corrected chi connectivity index (χ2v) is 5.79. The molecule has 0 saturated carbocycles. The SMILES string of the molecule is CC(C(=O)NC(C)C(C)CO)c1ccc2ccccc2c1. The number of rotatable bonds is 5. The normalized spacial score (nSPS) is 15.4. The van der Waals surface area contributed by atoms with Crippen LogP contribution in [0, 0.1) is 5.92 Å². The van der Waals surface area contributed by atoms with E-state index in [1.54, 1.807) is 0 Å². The van der Waals surface area contributed by atoms with Crippen LogP contribution in [0.3, 0.4) is 0 Å². The summed E-state index contributed by atoms with van der Waals surface area (Å²) in [7, 11) is 0. The van der Waals surface area contributed by atoms with Crippen LogP contribution in [0.4, 0.5) is 0 Å². The summed E-state index contributed by atoms with van der Waals surface area (Å²) in [6, 6.07) is 14.2. The van der Waals surface area contributed by atoms with Crippen molar-refractivity contribution in [2.45, 2.75) is 32.7 Å². The van der Waals surface area contributed by atoms with Crippen LogP contribution in [-0.4, -0.2) is 23.7 Å². The maximum Gasteiger partial charge on any atom is 0.227 e. The first kappa shape index (κ1) is 15.5. The molecule has 0 saturated heterocycles. The Hall–Kier alpha value is -1.87. The second-order valence-electron chi connectivity index (χ2n) is 5.79. The number of fused-ring (bicyclic) bond motifs is 1. The molecule has 2 rings (SSSR count). The molecule has 0 bridgehead atoms. The molecule has 0 aromatic heterocycles. The van der Waals surface area contributed by atoms with Gasteiger partial charge in [-0.2, -0.15) is 0 Å². The fraction of sp³-hybridized carbons (Fsp3) is 0.389. The van der Waals surface area contributed by atoms with Gasteiger partial charge < -0.3 is 10.4 Å². The number of amides is 1. The van der Waals surface area contributed by atoms with Crippen LogP contribution in [0.15, 0.2) is 42.5 Å². The molecule has 0 aliphatic rings. The molecule has 0 radical (unpaired) electrons. The molecule has 0 aliphatic carbocycles. The maximum atomic E-state index is 12.3. The van der Waals surface area contributed by atoms with Crippen molar-refractivity contribution in [1.29, 1.82) is 0 Å². The zero-order valence-corrected chi connectivity index (χ0v) is 12.8. The van der Waals surface area contributed by atoms with Gasteiger partial charge in [-0.3, -0.25) is 4.79 Å². The molecule has 0 fully saturated rings. The first-order valence-corrected chi connectivity index (χ1v) is 7.43. The molecule has 0 spiro atoms. The molecule has 0 heterocycles. The quantitative estimate of drug-likeness (QED) is 0.887. The van der Waals surface area contributed by atoms with Gasteiger partial charge in [-0.15, -0.1) is 0 Å². The summed E-state index contributed by atoms with van der Waals surface area (Å²) in [5, 5.41) is 14.4. The average molecular weight is 285 g/mol. The Kier molecular flexibility index (Phi) is 4.97. The number of carbonyl (C=O) groups is 1. The minimum Gasteiger partial charge on any atom is -0.396 e. The summed E-state index contributed by atoms with van der Waals surface area (Å²) in [5.41, 5.74) is 1.01. The number of hydrogen-bond donors (Lipinski definition) is 2. The van der Waals surface area contributed by atoms with Crippen molar-refractivity contribution in [1.82, 2.24) is 5.32 Å². The third-order valence-corrected chi connectivity index (χ3v) is 4.18. The van der Waals surface area contributed by atoms with Crippen LogP contribution in [0.2, 0.25) is 0 Å². The lowest BCUT2D eigenvalue weighted by atomic mass is 9.96. The summed E-state index contributed by atoms with van der Waals surface area (Å²) >= 11 is 0. The Morgan fingerprint density at radius 1 is 1.10 bits per heavy atom. The second kappa shape index (κ2) is 6.72. The molecule has 3 unspecified atom stereocenters. The molecule has 112 valence electrons. The lowest BCUT2D eigenvalue weighted by molar-refractivity contribution is -0.123. The molecule has 1 amide bonds. The topological polar surface area (TPSA) is 49.3 Å². The van der Waals surface area contributed by atoms with Crippen molar-refractivity contribution in [2.24, 2.45) is 5.92 Å². The highest BCUT2D eigenvalue weighted by Crippen LogP contribution is 2.22. The van der Waals surface area contributed by atoms with E-state index in [0.717, 1.165) is 10.9 Å². The summed E-state index contributed by atoms with van der Waals surface area (Å²) in [4.78, 5) is 12.3. The minimum absolute atomic E-state index is 0.00178. The largest absolute Gasteiger partial charge is 0.396 e. The molecular formula is C18H23NO2. The van der Waals surface area contributed by atoms with Crippen molar-refractivity contribution >= 4 is 16.7 Å². The monoisotopic (exact) mass is 285 g/mol. The fourth-order valence-electron chi connectivity index (χ4n) is 2.28. The summed E-state index contributed by atoms with van der Waals surface area (Å²) < 4.78 is 0. The lowest BCUT2D eigenvalue weighted by Crippen LogP contribution is -2.40. The number of aliphatic hydroxyl groups is 1. The van der Waals surface area contributed by atoms with E-state index >= 15 is 0 Å². The number of benzene rings is 2. The van der Waals surface area contributed by atoms with Gasteiger partial charge in [0.1, 0.15) is 0 Å². The Morgan fingerprint density at radius 3 is 2.43 bits per heavy atom. The minimum atomic E-state index is -0.206. The third-order valence-electron chi connectivity index (χ3n) is 4.18. The first-order valence-electron chi connectivity index (χ1n) is 7.43. The first-order chi connectivity index (χ1) is 10.0. The van der Waals surface area contributed by atoms with Gasteiger partial charge in [-0.1, -0.05) is 49.4 Å². The molecule has 3 atom stereocenters. The highest BCUT2D eigenvalue weighted by molar-refractivity contribution is 5.87. The van der Waals surface area contributed by atoms with Gasteiger partial charge in [0.2, 0.25) is 5.91 Å². The predicted molar refractivity (Wildman–Crippen MR) is 86.2 cm³/mol. The molecule has 2 aromatic carbocycles. The Balaban J connectivity index is 2.13. The standard InChI is InChI=1S/C18H23NO2/c1-12(11-20)14(3)19-18(21)13(2)16-9-8-15-6-4-5-7-17(15)10-16/h4-10,12-14,20H,11H2,1-3H3,(H,19,21). The summed E-state index contributed by atoms with van der Waals surface area (Å²) in [6.07, 6.45) is 0. The molecule has 0 aliphatic heterocycles. The zero-order chi connectivity index (χ0) is 15.4. The van der Waals surface area contributed by atoms with Gasteiger partial charge >= 0.3 is 0 Å². The average Bonchev–Trinajstić information content (AvgIpc) is 2.52. The van der Waals surface area contributed by atoms with Crippen LogP contribution in [0.25, 0.3) is 10.8 Å². The smallest absolute Gasteiger partial charge is 0.227 e. The highest BCUT2D eigenvalue weighted by atomic mass is 16.3. The van der Waals surface area contributed by atoms with Crippen LogP contribution < -0.4 is 5.32 Å². The third kappa shape index (κ3) is 3.61. The van der Waals surface area contributed by atoms with Crippen molar-refractivity contribution in [3.8, 4) is 0 Å². The van der Waals surface area contributed by atoms with E-state index < -0.39 is 0 Å². The van der Waals surface area contributed by atoms with Crippen molar-refractivity contribution in [3.63, 3.8) is 0 Å². The van der Waals surface area contributed by atoms with E-state index in [9.17, 15) is 4.79 Å². The van der Waals surface area contributed by atoms with Crippen LogP contribution in [-0.2, 0) is 4.79 Å². The van der Waals surface area contributed by atoms with Gasteiger partial charge in [0.25, 0.3) is 0 Å². The Labute approximate surface area is 126 Å². The van der Waals surface area contributed by atoms with Crippen LogP contribution >= 0.6 is 0 Å². The van der Waals surface area contributed by atoms with Crippen molar-refractivity contribution < 1.29 is 9.90 Å². The van der Waals surface area contributed by atoms with E-state index in [2.05, 4.69) is 23.5 Å².